The summed E-state index contributed by atoms with van der Waals surface area (Å²) in [5.74, 6) is 2.02. The summed E-state index contributed by atoms with van der Waals surface area (Å²) in [6.45, 7) is 2.60. The molecular weight excluding hydrogens is 446 g/mol. The van der Waals surface area contributed by atoms with Gasteiger partial charge in [-0.25, -0.2) is 5.43 Å². The standard InChI is InChI=1S/C25H47N7O3/c1-32(2)16-17-7-5-8-18(15-17)23-28-22(35-31-23)12-11-21(33)26-13-6-14-27-24-19-9-3-4-10-20(19)25(34)30-29-24/h17-20,22-24,27-29,31H,3-16H2,1-2H3,(H,26,33)(H,30,34). The van der Waals surface area contributed by atoms with Crippen molar-refractivity contribution in [2.24, 2.45) is 23.7 Å². The topological polar surface area (TPSA) is 119 Å². The number of hydroxylamine groups is 1. The number of hydrogen-bond acceptors (Lipinski definition) is 8. The molecule has 2 saturated heterocycles. The molecule has 4 aliphatic rings. The Kier molecular flexibility index (Phi) is 10.2. The molecule has 2 amide bonds. The van der Waals surface area contributed by atoms with Crippen LogP contribution in [0.3, 0.4) is 0 Å². The summed E-state index contributed by atoms with van der Waals surface area (Å²) in [4.78, 5) is 32.4. The van der Waals surface area contributed by atoms with Crippen molar-refractivity contribution in [3.05, 3.63) is 0 Å². The quantitative estimate of drug-likeness (QED) is 0.234. The van der Waals surface area contributed by atoms with Crippen molar-refractivity contribution in [1.82, 2.24) is 37.2 Å². The van der Waals surface area contributed by atoms with Crippen LogP contribution in [0.1, 0.15) is 70.6 Å². The molecule has 0 bridgehead atoms. The monoisotopic (exact) mass is 493 g/mol. The number of hydrazine groups is 1. The van der Waals surface area contributed by atoms with Crippen LogP contribution in [0.2, 0.25) is 0 Å². The minimum atomic E-state index is -0.113. The third kappa shape index (κ3) is 7.84. The van der Waals surface area contributed by atoms with Gasteiger partial charge in [0.15, 0.2) is 0 Å². The van der Waals surface area contributed by atoms with Gasteiger partial charge in [-0.2, -0.15) is 5.48 Å². The third-order valence-corrected chi connectivity index (χ3v) is 8.23. The zero-order chi connectivity index (χ0) is 24.6. The van der Waals surface area contributed by atoms with Crippen LogP contribution in [0.25, 0.3) is 0 Å². The van der Waals surface area contributed by atoms with Crippen molar-refractivity contribution in [2.75, 3.05) is 33.7 Å². The van der Waals surface area contributed by atoms with E-state index in [1.54, 1.807) is 0 Å². The van der Waals surface area contributed by atoms with Crippen molar-refractivity contribution >= 4 is 11.8 Å². The molecule has 7 atom stereocenters. The third-order valence-electron chi connectivity index (χ3n) is 8.23. The lowest BCUT2D eigenvalue weighted by atomic mass is 9.76. The van der Waals surface area contributed by atoms with Crippen molar-refractivity contribution in [2.45, 2.75) is 89.2 Å². The summed E-state index contributed by atoms with van der Waals surface area (Å²) in [6.07, 6.45) is 11.6. The first-order chi connectivity index (χ1) is 17.0. The molecule has 0 spiro atoms. The molecule has 6 N–H and O–H groups in total. The van der Waals surface area contributed by atoms with E-state index in [0.29, 0.717) is 31.2 Å². The summed E-state index contributed by atoms with van der Waals surface area (Å²) in [6, 6.07) is 0. The number of carbonyl (C=O) groups excluding carboxylic acids is 2. The summed E-state index contributed by atoms with van der Waals surface area (Å²) in [5, 5.41) is 10.1. The summed E-state index contributed by atoms with van der Waals surface area (Å²) >= 11 is 0. The lowest BCUT2D eigenvalue weighted by Gasteiger charge is -2.41. The van der Waals surface area contributed by atoms with Gasteiger partial charge in [-0.1, -0.05) is 19.3 Å². The van der Waals surface area contributed by atoms with E-state index >= 15 is 0 Å². The predicted molar refractivity (Wildman–Crippen MR) is 134 cm³/mol. The average Bonchev–Trinajstić information content (AvgIpc) is 3.33. The minimum Gasteiger partial charge on any atom is -0.356 e. The number of rotatable bonds is 11. The van der Waals surface area contributed by atoms with Gasteiger partial charge < -0.3 is 15.5 Å². The average molecular weight is 494 g/mol. The first kappa shape index (κ1) is 26.8. The van der Waals surface area contributed by atoms with Crippen LogP contribution >= 0.6 is 0 Å². The van der Waals surface area contributed by atoms with Gasteiger partial charge in [-0.15, -0.1) is 0 Å². The summed E-state index contributed by atoms with van der Waals surface area (Å²) in [7, 11) is 4.30. The highest BCUT2D eigenvalue weighted by atomic mass is 16.7. The number of amides is 2. The van der Waals surface area contributed by atoms with Crippen molar-refractivity contribution in [1.29, 1.82) is 0 Å². The number of nitrogens with zero attached hydrogens (tertiary/aromatic N) is 1. The molecule has 200 valence electrons. The molecule has 0 aromatic heterocycles. The van der Waals surface area contributed by atoms with Gasteiger partial charge in [-0.05, 0) is 77.4 Å². The van der Waals surface area contributed by atoms with Gasteiger partial charge in [0, 0.05) is 31.3 Å². The van der Waals surface area contributed by atoms with Crippen LogP contribution in [-0.2, 0) is 14.4 Å². The number of nitrogens with one attached hydrogen (secondary N) is 6. The van der Waals surface area contributed by atoms with Crippen molar-refractivity contribution in [3.8, 4) is 0 Å². The largest absolute Gasteiger partial charge is 0.356 e. The second kappa shape index (κ2) is 13.3. The molecule has 4 rings (SSSR count). The molecule has 35 heavy (non-hydrogen) atoms. The van der Waals surface area contributed by atoms with Crippen LogP contribution in [0.15, 0.2) is 0 Å². The van der Waals surface area contributed by atoms with E-state index < -0.39 is 0 Å². The van der Waals surface area contributed by atoms with Gasteiger partial charge in [0.1, 0.15) is 6.23 Å². The van der Waals surface area contributed by atoms with Crippen molar-refractivity contribution < 1.29 is 14.4 Å². The maximum atomic E-state index is 12.3. The number of hydrogen-bond donors (Lipinski definition) is 6. The Morgan fingerprint density at radius 1 is 1.11 bits per heavy atom. The molecular formula is C25H47N7O3. The Hall–Kier alpha value is -1.30. The van der Waals surface area contributed by atoms with E-state index in [1.807, 2.05) is 0 Å². The van der Waals surface area contributed by atoms with Crippen molar-refractivity contribution in [3.63, 3.8) is 0 Å². The van der Waals surface area contributed by atoms with Crippen LogP contribution in [-0.4, -0.2) is 69.0 Å². The second-order valence-corrected chi connectivity index (χ2v) is 11.3. The fraction of sp³-hybridized carbons (Fsp3) is 0.920. The fourth-order valence-corrected chi connectivity index (χ4v) is 6.48. The molecule has 2 aliphatic carbocycles. The normalized spacial score (nSPS) is 35.5. The lowest BCUT2D eigenvalue weighted by molar-refractivity contribution is -0.134. The molecule has 0 aromatic rings. The maximum Gasteiger partial charge on any atom is 0.237 e. The van der Waals surface area contributed by atoms with Crippen LogP contribution in [0.4, 0.5) is 0 Å². The van der Waals surface area contributed by atoms with E-state index in [9.17, 15) is 9.59 Å². The van der Waals surface area contributed by atoms with Crippen LogP contribution in [0.5, 0.6) is 0 Å². The van der Waals surface area contributed by atoms with E-state index in [1.165, 1.54) is 32.1 Å². The minimum absolute atomic E-state index is 0.0676. The van der Waals surface area contributed by atoms with E-state index in [0.717, 1.165) is 44.7 Å². The maximum absolute atomic E-state index is 12.3. The lowest BCUT2D eigenvalue weighted by Crippen LogP contribution is -2.64. The van der Waals surface area contributed by atoms with Gasteiger partial charge in [0.25, 0.3) is 0 Å². The Labute approximate surface area is 210 Å². The van der Waals surface area contributed by atoms with Crippen LogP contribution < -0.4 is 32.3 Å². The Morgan fingerprint density at radius 2 is 1.97 bits per heavy atom. The number of fused-ring (bicyclic) bond motifs is 1. The highest BCUT2D eigenvalue weighted by molar-refractivity contribution is 5.79. The number of carbonyl (C=O) groups is 2. The zero-order valence-corrected chi connectivity index (χ0v) is 21.6. The summed E-state index contributed by atoms with van der Waals surface area (Å²) in [5.41, 5.74) is 9.14. The zero-order valence-electron chi connectivity index (χ0n) is 21.6. The molecule has 2 heterocycles. The second-order valence-electron chi connectivity index (χ2n) is 11.3. The van der Waals surface area contributed by atoms with E-state index in [-0.39, 0.29) is 36.3 Å². The molecule has 2 aliphatic heterocycles. The first-order valence-corrected chi connectivity index (χ1v) is 13.9. The predicted octanol–water partition coefficient (Wildman–Crippen LogP) is 0.774. The van der Waals surface area contributed by atoms with E-state index in [2.05, 4.69) is 51.3 Å². The highest BCUT2D eigenvalue weighted by Gasteiger charge is 2.39. The highest BCUT2D eigenvalue weighted by Crippen LogP contribution is 2.34. The Bertz CT molecular complexity index is 694. The van der Waals surface area contributed by atoms with Crippen LogP contribution in [0, 0.1) is 23.7 Å². The fourth-order valence-electron chi connectivity index (χ4n) is 6.48. The Balaban J connectivity index is 1.06. The van der Waals surface area contributed by atoms with Gasteiger partial charge in [0.05, 0.1) is 12.3 Å². The van der Waals surface area contributed by atoms with Gasteiger partial charge in [0.2, 0.25) is 11.8 Å². The van der Waals surface area contributed by atoms with Gasteiger partial charge in [-0.3, -0.25) is 25.2 Å². The first-order valence-electron chi connectivity index (χ1n) is 13.9. The SMILES string of the molecule is CN(C)CC1CCCC(C2NOC(CCC(=O)NCCCNC3NNC(=O)C4CCCCC34)N2)C1. The van der Waals surface area contributed by atoms with E-state index in [4.69, 9.17) is 4.84 Å². The Morgan fingerprint density at radius 3 is 2.83 bits per heavy atom. The smallest absolute Gasteiger partial charge is 0.237 e. The molecule has 10 heteroatoms. The molecule has 4 fully saturated rings. The molecule has 2 saturated carbocycles. The molecule has 0 radical (unpaired) electrons. The summed E-state index contributed by atoms with van der Waals surface area (Å²) < 4.78 is 0. The van der Waals surface area contributed by atoms with Gasteiger partial charge >= 0.3 is 0 Å². The molecule has 7 unspecified atom stereocenters. The molecule has 10 nitrogen and oxygen atoms in total. The molecule has 0 aromatic carbocycles.